The van der Waals surface area contributed by atoms with E-state index in [0.717, 1.165) is 19.3 Å². The normalized spacial score (nSPS) is 22.4. The molecule has 0 aliphatic carbocycles. The van der Waals surface area contributed by atoms with E-state index in [-0.39, 0.29) is 65.7 Å². The number of hydrogen-bond acceptors (Lipinski definition) is 16. The van der Waals surface area contributed by atoms with Crippen LogP contribution in [0.15, 0.2) is 0 Å². The Balaban J connectivity index is -0.00000347. The molecule has 8 N–H and O–H groups in total. The van der Waals surface area contributed by atoms with Crippen LogP contribution in [-0.2, 0) is 39.2 Å². The fourth-order valence-corrected chi connectivity index (χ4v) is 5.85. The van der Waals surface area contributed by atoms with Gasteiger partial charge in [-0.2, -0.15) is 0 Å². The number of ether oxygens (including phenoxy) is 2. The Kier molecular flexibility index (Phi) is 36.9. The zero-order chi connectivity index (χ0) is 39.7. The van der Waals surface area contributed by atoms with Crippen molar-refractivity contribution >= 4 is 26.7 Å². The number of unbranched alkanes of at least 4 members (excludes halogenated alkanes) is 17. The maximum atomic E-state index is 12.4. The van der Waals surface area contributed by atoms with Crippen LogP contribution in [0.3, 0.4) is 0 Å². The van der Waals surface area contributed by atoms with Gasteiger partial charge < -0.3 is 61.5 Å². The van der Waals surface area contributed by atoms with Crippen LogP contribution in [0.4, 0.5) is 0 Å². The Labute approximate surface area is 365 Å². The molecule has 0 bridgehead atoms. The summed E-state index contributed by atoms with van der Waals surface area (Å²) in [5.41, 5.74) is 0. The molecule has 1 fully saturated rings. The molecule has 0 spiro atoms. The van der Waals surface area contributed by atoms with E-state index < -0.39 is 88.4 Å². The molecule has 1 heterocycles. The van der Waals surface area contributed by atoms with E-state index in [9.17, 15) is 48.4 Å². The van der Waals surface area contributed by atoms with Gasteiger partial charge in [-0.3, -0.25) is 13.5 Å². The molecule has 9 atom stereocenters. The molecule has 18 nitrogen and oxygen atoms in total. The van der Waals surface area contributed by atoms with Crippen molar-refractivity contribution in [2.45, 2.75) is 178 Å². The van der Waals surface area contributed by atoms with Crippen LogP contribution < -0.4 is 64.4 Å². The van der Waals surface area contributed by atoms with Crippen LogP contribution in [0.5, 0.6) is 0 Å². The minimum absolute atomic E-state index is 0. The van der Waals surface area contributed by atoms with Crippen molar-refractivity contribution in [3.63, 3.8) is 0 Å². The summed E-state index contributed by atoms with van der Waals surface area (Å²) in [6.45, 7) is 4.76. The fraction of sp³-hybridized carbons (Fsp3) is 0.938. The SMILES string of the molecule is O=S(=O)([O-])O.[CH2-][C@@H](O)[C@@H](O[C@H]1OC(COS(=O)(=O)[O-])[C@@H](O)[C@H](O)C1O)[C@H](O)[C@@H](O)C(=O)NCCCCCCCCCCCCCCCCCCCC.[Na+].[Na+]. The Bertz CT molecular complexity index is 1130. The van der Waals surface area contributed by atoms with Crippen molar-refractivity contribution < 1.29 is 139 Å². The van der Waals surface area contributed by atoms with Gasteiger partial charge in [0.1, 0.15) is 30.5 Å². The van der Waals surface area contributed by atoms with Crippen LogP contribution in [0.1, 0.15) is 122 Å². The molecule has 312 valence electrons. The number of nitrogens with one attached hydrogen (secondary N) is 1. The summed E-state index contributed by atoms with van der Waals surface area (Å²) in [4.78, 5) is 12.4. The molecular weight excluding hydrogens is 780 g/mol. The topological polar surface area (TPSA) is 313 Å². The minimum atomic E-state index is -5.19. The van der Waals surface area contributed by atoms with Gasteiger partial charge in [0.15, 0.2) is 12.4 Å². The summed E-state index contributed by atoms with van der Waals surface area (Å²) < 4.78 is 79.6. The van der Waals surface area contributed by atoms with Gasteiger partial charge in [-0.15, -0.1) is 0 Å². The van der Waals surface area contributed by atoms with Crippen LogP contribution in [0.25, 0.3) is 0 Å². The average Bonchev–Trinajstić information content (AvgIpc) is 3.05. The first-order chi connectivity index (χ1) is 24.3. The van der Waals surface area contributed by atoms with Gasteiger partial charge in [-0.05, 0) is 12.5 Å². The van der Waals surface area contributed by atoms with E-state index in [1.165, 1.54) is 89.9 Å². The van der Waals surface area contributed by atoms with E-state index in [0.29, 0.717) is 6.42 Å². The van der Waals surface area contributed by atoms with E-state index in [2.05, 4.69) is 23.3 Å². The largest absolute Gasteiger partial charge is 1.00 e. The Morgan fingerprint density at radius 2 is 1.13 bits per heavy atom. The monoisotopic (exact) mass is 842 g/mol. The van der Waals surface area contributed by atoms with E-state index in [1.54, 1.807) is 0 Å². The molecule has 0 aromatic heterocycles. The summed E-state index contributed by atoms with van der Waals surface area (Å²) in [6, 6.07) is 0. The second kappa shape index (κ2) is 33.7. The maximum Gasteiger partial charge on any atom is 1.00 e. The minimum Gasteiger partial charge on any atom is -0.726 e. The van der Waals surface area contributed by atoms with Gasteiger partial charge in [0.05, 0.1) is 12.7 Å². The number of carbonyl (C=O) groups is 1. The van der Waals surface area contributed by atoms with Gasteiger partial charge >= 0.3 is 59.1 Å². The number of aliphatic hydroxyl groups excluding tert-OH is 6. The summed E-state index contributed by atoms with van der Waals surface area (Å²) in [5.74, 6) is -0.939. The van der Waals surface area contributed by atoms with Crippen LogP contribution in [0, 0.1) is 6.92 Å². The summed E-state index contributed by atoms with van der Waals surface area (Å²) >= 11 is 0. The Hall–Kier alpha value is 0.890. The molecular formula is C32H62NNa2O17S2-. The predicted molar refractivity (Wildman–Crippen MR) is 185 cm³/mol. The molecule has 0 saturated carbocycles. The zero-order valence-electron chi connectivity index (χ0n) is 32.1. The summed E-state index contributed by atoms with van der Waals surface area (Å²) in [5, 5.41) is 63.8. The first-order valence-corrected chi connectivity index (χ1v) is 20.8. The average molecular weight is 843 g/mol. The number of amides is 1. The molecule has 0 radical (unpaired) electrons. The number of rotatable bonds is 28. The van der Waals surface area contributed by atoms with Crippen LogP contribution in [0.2, 0.25) is 0 Å². The second-order valence-electron chi connectivity index (χ2n) is 13.0. The molecule has 1 aliphatic rings. The summed E-state index contributed by atoms with van der Waals surface area (Å²) in [7, 11) is -10.1. The molecule has 1 amide bonds. The van der Waals surface area contributed by atoms with Gasteiger partial charge in [0.25, 0.3) is 5.91 Å². The van der Waals surface area contributed by atoms with Crippen molar-refractivity contribution in [1.29, 1.82) is 0 Å². The summed E-state index contributed by atoms with van der Waals surface area (Å²) in [6.07, 6.45) is 4.93. The van der Waals surface area contributed by atoms with Crippen molar-refractivity contribution in [2.24, 2.45) is 0 Å². The van der Waals surface area contributed by atoms with Gasteiger partial charge in [-0.1, -0.05) is 116 Å². The van der Waals surface area contributed by atoms with Crippen molar-refractivity contribution in [3.05, 3.63) is 6.92 Å². The van der Waals surface area contributed by atoms with Crippen LogP contribution >= 0.6 is 0 Å². The maximum absolute atomic E-state index is 12.4. The number of carbonyl (C=O) groups excluding carboxylic acids is 1. The van der Waals surface area contributed by atoms with E-state index in [4.69, 9.17) is 27.0 Å². The molecule has 1 aliphatic heterocycles. The predicted octanol–water partition coefficient (Wildman–Crippen LogP) is -5.26. The number of hydrogen-bond donors (Lipinski definition) is 8. The van der Waals surface area contributed by atoms with Crippen molar-refractivity contribution in [3.8, 4) is 0 Å². The first kappa shape index (κ1) is 59.2. The molecule has 54 heavy (non-hydrogen) atoms. The second-order valence-corrected chi connectivity index (χ2v) is 14.9. The third-order valence-electron chi connectivity index (χ3n) is 8.47. The fourth-order valence-electron chi connectivity index (χ4n) is 5.55. The van der Waals surface area contributed by atoms with Gasteiger partial charge in [0.2, 0.25) is 20.8 Å². The Morgan fingerprint density at radius 1 is 0.741 bits per heavy atom. The molecule has 2 unspecified atom stereocenters. The van der Waals surface area contributed by atoms with E-state index in [1.807, 2.05) is 0 Å². The molecule has 22 heteroatoms. The molecule has 1 rings (SSSR count). The quantitative estimate of drug-likeness (QED) is 0.0120. The van der Waals surface area contributed by atoms with Gasteiger partial charge in [0, 0.05) is 6.54 Å². The molecule has 1 saturated heterocycles. The van der Waals surface area contributed by atoms with E-state index >= 15 is 0 Å². The van der Waals surface area contributed by atoms with Crippen molar-refractivity contribution in [1.82, 2.24) is 5.32 Å². The Morgan fingerprint density at radius 3 is 1.50 bits per heavy atom. The molecule has 0 aromatic rings. The van der Waals surface area contributed by atoms with Crippen LogP contribution in [-0.4, -0.2) is 135 Å². The zero-order valence-corrected chi connectivity index (χ0v) is 37.7. The third kappa shape index (κ3) is 30.9. The first-order valence-electron chi connectivity index (χ1n) is 18.1. The number of aliphatic hydroxyl groups is 6. The molecule has 0 aromatic carbocycles. The van der Waals surface area contributed by atoms with Crippen molar-refractivity contribution in [2.75, 3.05) is 13.2 Å². The smallest absolute Gasteiger partial charge is 0.726 e. The third-order valence-corrected chi connectivity index (χ3v) is 8.90. The van der Waals surface area contributed by atoms with Gasteiger partial charge in [-0.25, -0.2) is 16.8 Å². The standard InChI is InChI=1S/C32H62NO13S.2Na.H2O4S/c1-3-4-5-6-7-8-9-10-11-12-13-14-15-16-17-18-19-20-21-33-31(40)28(38)27(37)30(23(2)34)46-32-29(39)26(36)25(35)24(45-32)22-44-47(41,42)43;;;1-5(2,3)4/h23-30,32,34-39H,2-22H2,1H3,(H,33,40)(H,41,42,43);;;(H2,1,2,3,4)/q-1;2*+1;/p-2/t23-,24?,25-,26+,27-,28-,29?,30-,32-;;;/m1.../s1.